The van der Waals surface area contributed by atoms with Gasteiger partial charge in [-0.3, -0.25) is 9.78 Å². The van der Waals surface area contributed by atoms with Crippen LogP contribution in [-0.2, 0) is 0 Å². The highest BCUT2D eigenvalue weighted by Crippen LogP contribution is 2.36. The Morgan fingerprint density at radius 3 is 2.63 bits per heavy atom. The van der Waals surface area contributed by atoms with Gasteiger partial charge in [0, 0.05) is 32.4 Å². The molecule has 0 radical (unpaired) electrons. The number of hydrogen-bond donors (Lipinski definition) is 2. The zero-order valence-electron chi connectivity index (χ0n) is 16.0. The van der Waals surface area contributed by atoms with Crippen molar-refractivity contribution in [3.05, 3.63) is 41.7 Å². The Morgan fingerprint density at radius 1 is 1.20 bits per heavy atom. The SMILES string of the molecule is CN1CCN(c2c(NC(=O)c3c(N)nn4cc(F)cnc34)cncc2C(F)F)CC1. The third-order valence-electron chi connectivity index (χ3n) is 4.94. The predicted molar refractivity (Wildman–Crippen MR) is 104 cm³/mol. The molecule has 3 aromatic heterocycles. The van der Waals surface area contributed by atoms with Crippen LogP contribution in [0.2, 0.25) is 0 Å². The molecule has 0 unspecified atom stereocenters. The van der Waals surface area contributed by atoms with Gasteiger partial charge in [-0.2, -0.15) is 0 Å². The number of aromatic nitrogens is 4. The minimum atomic E-state index is -2.77. The molecule has 1 fully saturated rings. The van der Waals surface area contributed by atoms with Gasteiger partial charge in [-0.15, -0.1) is 5.10 Å². The van der Waals surface area contributed by atoms with Gasteiger partial charge in [0.15, 0.2) is 17.3 Å². The smallest absolute Gasteiger partial charge is 0.267 e. The van der Waals surface area contributed by atoms with E-state index in [-0.39, 0.29) is 34.0 Å². The van der Waals surface area contributed by atoms with Crippen molar-refractivity contribution in [2.75, 3.05) is 49.2 Å². The number of nitrogen functional groups attached to an aromatic ring is 1. The minimum absolute atomic E-state index is 0.0468. The van der Waals surface area contributed by atoms with Gasteiger partial charge < -0.3 is 20.9 Å². The standard InChI is InChI=1S/C18H19F3N8O/c1-27-2-4-28(5-3-27)14-11(15(20)21)7-23-8-12(14)25-18(30)13-16(22)26-29-9-10(19)6-24-17(13)29/h6-9,15H,2-5H2,1H3,(H2,22,26)(H,25,30). The highest BCUT2D eigenvalue weighted by atomic mass is 19.3. The number of rotatable bonds is 4. The van der Waals surface area contributed by atoms with E-state index >= 15 is 0 Å². The molecule has 30 heavy (non-hydrogen) atoms. The van der Waals surface area contributed by atoms with Crippen LogP contribution in [0, 0.1) is 5.82 Å². The van der Waals surface area contributed by atoms with Gasteiger partial charge in [0.1, 0.15) is 5.56 Å². The Labute approximate surface area is 169 Å². The largest absolute Gasteiger partial charge is 0.381 e. The molecule has 0 saturated carbocycles. The molecule has 0 spiro atoms. The lowest BCUT2D eigenvalue weighted by atomic mass is 10.1. The molecule has 3 aromatic rings. The van der Waals surface area contributed by atoms with Gasteiger partial charge in [-0.25, -0.2) is 22.7 Å². The monoisotopic (exact) mass is 420 g/mol. The Morgan fingerprint density at radius 2 is 1.93 bits per heavy atom. The molecule has 1 aliphatic rings. The first-order valence-corrected chi connectivity index (χ1v) is 9.15. The fourth-order valence-electron chi connectivity index (χ4n) is 3.44. The number of piperazine rings is 1. The Hall–Kier alpha value is -3.41. The number of pyridine rings is 1. The minimum Gasteiger partial charge on any atom is -0.381 e. The van der Waals surface area contributed by atoms with Crippen LogP contribution in [0.4, 0.5) is 30.4 Å². The fourth-order valence-corrected chi connectivity index (χ4v) is 3.44. The van der Waals surface area contributed by atoms with E-state index in [4.69, 9.17) is 5.73 Å². The highest BCUT2D eigenvalue weighted by molar-refractivity contribution is 6.12. The lowest BCUT2D eigenvalue weighted by Gasteiger charge is -2.36. The first kappa shape index (κ1) is 19.9. The number of hydrogen-bond acceptors (Lipinski definition) is 7. The van der Waals surface area contributed by atoms with E-state index in [2.05, 4.69) is 25.3 Å². The first-order valence-electron chi connectivity index (χ1n) is 9.15. The van der Waals surface area contributed by atoms with Crippen LogP contribution in [0.3, 0.4) is 0 Å². The van der Waals surface area contributed by atoms with E-state index in [9.17, 15) is 18.0 Å². The van der Waals surface area contributed by atoms with Crippen LogP contribution in [0.25, 0.3) is 5.65 Å². The van der Waals surface area contributed by atoms with Crippen molar-refractivity contribution in [1.82, 2.24) is 24.5 Å². The normalized spacial score (nSPS) is 15.2. The maximum absolute atomic E-state index is 13.7. The molecular formula is C18H19F3N8O. The van der Waals surface area contributed by atoms with E-state index < -0.39 is 18.1 Å². The van der Waals surface area contributed by atoms with E-state index in [0.717, 1.165) is 23.1 Å². The van der Waals surface area contributed by atoms with E-state index in [1.54, 1.807) is 4.90 Å². The summed E-state index contributed by atoms with van der Waals surface area (Å²) in [6.07, 6.45) is 1.61. The molecule has 3 N–H and O–H groups in total. The van der Waals surface area contributed by atoms with Gasteiger partial charge in [0.25, 0.3) is 12.3 Å². The summed E-state index contributed by atoms with van der Waals surface area (Å²) in [6.45, 7) is 2.41. The highest BCUT2D eigenvalue weighted by Gasteiger charge is 2.27. The van der Waals surface area contributed by atoms with Crippen LogP contribution in [0.1, 0.15) is 22.3 Å². The Kier molecular flexibility index (Phi) is 5.16. The number of alkyl halides is 2. The van der Waals surface area contributed by atoms with Crippen LogP contribution in [0.5, 0.6) is 0 Å². The number of likely N-dealkylation sites (N-methyl/N-ethyl adjacent to an activating group) is 1. The number of fused-ring (bicyclic) bond motifs is 1. The number of carbonyl (C=O) groups excluding carboxylic acids is 1. The number of nitrogens with one attached hydrogen (secondary N) is 1. The first-order chi connectivity index (χ1) is 14.3. The van der Waals surface area contributed by atoms with Crippen LogP contribution >= 0.6 is 0 Å². The second-order valence-electron chi connectivity index (χ2n) is 6.97. The molecule has 0 bridgehead atoms. The zero-order valence-corrected chi connectivity index (χ0v) is 16.0. The van der Waals surface area contributed by atoms with Gasteiger partial charge >= 0.3 is 0 Å². The van der Waals surface area contributed by atoms with Gasteiger partial charge in [-0.05, 0) is 7.05 Å². The summed E-state index contributed by atoms with van der Waals surface area (Å²) >= 11 is 0. The molecule has 9 nitrogen and oxygen atoms in total. The average molecular weight is 420 g/mol. The molecule has 4 heterocycles. The van der Waals surface area contributed by atoms with Crippen LogP contribution < -0.4 is 16.0 Å². The molecule has 0 aromatic carbocycles. The molecule has 0 atom stereocenters. The maximum Gasteiger partial charge on any atom is 0.267 e. The average Bonchev–Trinajstić information content (AvgIpc) is 3.03. The fraction of sp³-hybridized carbons (Fsp3) is 0.333. The summed E-state index contributed by atoms with van der Waals surface area (Å²) in [5.41, 5.74) is 5.86. The van der Waals surface area contributed by atoms with E-state index in [1.807, 2.05) is 7.05 Å². The lowest BCUT2D eigenvalue weighted by Crippen LogP contribution is -2.45. The summed E-state index contributed by atoms with van der Waals surface area (Å²) in [7, 11) is 1.95. The lowest BCUT2D eigenvalue weighted by molar-refractivity contribution is 0.102. The topological polar surface area (TPSA) is 105 Å². The van der Waals surface area contributed by atoms with Crippen molar-refractivity contribution >= 4 is 28.7 Å². The Bertz CT molecular complexity index is 1090. The van der Waals surface area contributed by atoms with E-state index in [0.29, 0.717) is 26.2 Å². The van der Waals surface area contributed by atoms with Gasteiger partial charge in [0.2, 0.25) is 0 Å². The summed E-state index contributed by atoms with van der Waals surface area (Å²) in [5, 5.41) is 6.49. The summed E-state index contributed by atoms with van der Waals surface area (Å²) in [4.78, 5) is 24.5. The molecule has 1 amide bonds. The zero-order chi connectivity index (χ0) is 21.4. The Balaban J connectivity index is 1.72. The third-order valence-corrected chi connectivity index (χ3v) is 4.94. The molecule has 1 saturated heterocycles. The van der Waals surface area contributed by atoms with E-state index in [1.165, 1.54) is 6.20 Å². The molecule has 12 heteroatoms. The predicted octanol–water partition coefficient (Wildman–Crippen LogP) is 1.79. The van der Waals surface area contributed by atoms with Crippen LogP contribution in [0.15, 0.2) is 24.8 Å². The molecular weight excluding hydrogens is 401 g/mol. The molecule has 1 aliphatic heterocycles. The van der Waals surface area contributed by atoms with Crippen LogP contribution in [-0.4, -0.2) is 63.6 Å². The second-order valence-corrected chi connectivity index (χ2v) is 6.97. The van der Waals surface area contributed by atoms with Crippen molar-refractivity contribution in [3.8, 4) is 0 Å². The summed E-state index contributed by atoms with van der Waals surface area (Å²) in [5.74, 6) is -1.52. The number of carbonyl (C=O) groups is 1. The third kappa shape index (κ3) is 3.61. The molecule has 0 aliphatic carbocycles. The van der Waals surface area contributed by atoms with Crippen molar-refractivity contribution < 1.29 is 18.0 Å². The molecule has 158 valence electrons. The van der Waals surface area contributed by atoms with Gasteiger partial charge in [-0.1, -0.05) is 0 Å². The quantitative estimate of drug-likeness (QED) is 0.663. The van der Waals surface area contributed by atoms with Crippen molar-refractivity contribution in [1.29, 1.82) is 0 Å². The number of nitrogens with two attached hydrogens (primary N) is 1. The van der Waals surface area contributed by atoms with Crippen molar-refractivity contribution in [2.45, 2.75) is 6.43 Å². The van der Waals surface area contributed by atoms with Crippen molar-refractivity contribution in [2.24, 2.45) is 0 Å². The molecule has 4 rings (SSSR count). The number of halogens is 3. The number of anilines is 3. The maximum atomic E-state index is 13.7. The van der Waals surface area contributed by atoms with Crippen molar-refractivity contribution in [3.63, 3.8) is 0 Å². The number of amides is 1. The summed E-state index contributed by atoms with van der Waals surface area (Å²) < 4.78 is 41.8. The van der Waals surface area contributed by atoms with Gasteiger partial charge in [0.05, 0.1) is 35.5 Å². The second kappa shape index (κ2) is 7.78. The number of nitrogens with zero attached hydrogens (tertiary/aromatic N) is 6. The summed E-state index contributed by atoms with van der Waals surface area (Å²) in [6, 6.07) is 0.